The highest BCUT2D eigenvalue weighted by Crippen LogP contribution is 2.43. The lowest BCUT2D eigenvalue weighted by Crippen LogP contribution is -2.48. The summed E-state index contributed by atoms with van der Waals surface area (Å²) in [5.41, 5.74) is 3.28. The summed E-state index contributed by atoms with van der Waals surface area (Å²) < 4.78 is 22.6. The Morgan fingerprint density at radius 1 is 0.973 bits per heavy atom. The van der Waals surface area contributed by atoms with Gasteiger partial charge >= 0.3 is 11.9 Å². The fourth-order valence-electron chi connectivity index (χ4n) is 4.64. The molecule has 1 saturated heterocycles. The zero-order valence-corrected chi connectivity index (χ0v) is 21.4. The second kappa shape index (κ2) is 9.82. The second-order valence-corrected chi connectivity index (χ2v) is 9.75. The van der Waals surface area contributed by atoms with E-state index in [0.29, 0.717) is 28.7 Å². The van der Waals surface area contributed by atoms with E-state index in [-0.39, 0.29) is 0 Å². The normalized spacial score (nSPS) is 16.2. The number of aromatic amines is 1. The number of fused-ring (bicyclic) bond motifs is 1. The molecule has 1 atom stereocenters. The number of halogens is 1. The maximum atomic E-state index is 13.2. The number of hydrogen-bond donors (Lipinski definition) is 1. The van der Waals surface area contributed by atoms with Gasteiger partial charge in [0.05, 0.1) is 7.11 Å². The van der Waals surface area contributed by atoms with Crippen LogP contribution in [0.3, 0.4) is 0 Å². The number of para-hydroxylation sites is 1. The van der Waals surface area contributed by atoms with Crippen LogP contribution in [0.15, 0.2) is 72.9 Å². The van der Waals surface area contributed by atoms with Crippen LogP contribution in [0.1, 0.15) is 36.5 Å². The molecule has 3 aromatic carbocycles. The Hall–Kier alpha value is -3.97. The first-order valence-electron chi connectivity index (χ1n) is 11.8. The van der Waals surface area contributed by atoms with Crippen molar-refractivity contribution >= 4 is 34.4 Å². The molecule has 1 aliphatic heterocycles. The van der Waals surface area contributed by atoms with E-state index in [0.717, 1.165) is 22.0 Å². The third kappa shape index (κ3) is 5.00. The van der Waals surface area contributed by atoms with Gasteiger partial charge in [-0.2, -0.15) is 0 Å². The van der Waals surface area contributed by atoms with E-state index in [4.69, 9.17) is 30.5 Å². The van der Waals surface area contributed by atoms with Crippen molar-refractivity contribution in [2.24, 2.45) is 5.92 Å². The molecule has 8 heteroatoms. The number of ether oxygens (including phenoxy) is 4. The van der Waals surface area contributed by atoms with E-state index in [2.05, 4.69) is 4.98 Å². The molecule has 1 aliphatic rings. The van der Waals surface area contributed by atoms with Crippen molar-refractivity contribution in [1.29, 1.82) is 0 Å². The van der Waals surface area contributed by atoms with E-state index in [1.165, 1.54) is 13.8 Å². The molecule has 4 aromatic rings. The number of rotatable bonds is 7. The Morgan fingerprint density at radius 2 is 1.68 bits per heavy atom. The van der Waals surface area contributed by atoms with Crippen molar-refractivity contribution in [3.05, 3.63) is 94.6 Å². The monoisotopic (exact) mass is 519 g/mol. The number of H-pyrrole nitrogens is 1. The average Bonchev–Trinajstić information content (AvgIpc) is 3.29. The van der Waals surface area contributed by atoms with Gasteiger partial charge in [-0.25, -0.2) is 0 Å². The zero-order valence-electron chi connectivity index (χ0n) is 20.6. The van der Waals surface area contributed by atoms with Gasteiger partial charge in [0.15, 0.2) is 17.4 Å². The summed E-state index contributed by atoms with van der Waals surface area (Å²) in [6, 6.07) is 20.5. The van der Waals surface area contributed by atoms with Crippen LogP contribution in [0.2, 0.25) is 5.02 Å². The number of carbonyl (C=O) groups is 2. The lowest BCUT2D eigenvalue weighted by Gasteiger charge is -2.36. The summed E-state index contributed by atoms with van der Waals surface area (Å²) in [5.74, 6) is -3.50. The number of nitrogens with one attached hydrogen (secondary N) is 1. The maximum Gasteiger partial charge on any atom is 0.324 e. The summed E-state index contributed by atoms with van der Waals surface area (Å²) in [5, 5.41) is 1.54. The van der Waals surface area contributed by atoms with E-state index in [1.807, 2.05) is 48.7 Å². The number of methoxy groups -OCH3 is 1. The first-order valence-corrected chi connectivity index (χ1v) is 12.2. The van der Waals surface area contributed by atoms with Crippen molar-refractivity contribution < 1.29 is 28.5 Å². The lowest BCUT2D eigenvalue weighted by atomic mass is 9.80. The van der Waals surface area contributed by atoms with Crippen LogP contribution < -0.4 is 9.47 Å². The molecule has 5 rings (SSSR count). The lowest BCUT2D eigenvalue weighted by molar-refractivity contribution is -0.240. The van der Waals surface area contributed by atoms with Crippen LogP contribution in [0.4, 0.5) is 0 Å². The summed E-state index contributed by atoms with van der Waals surface area (Å²) in [7, 11) is 1.54. The van der Waals surface area contributed by atoms with Gasteiger partial charge < -0.3 is 23.9 Å². The third-order valence-electron chi connectivity index (χ3n) is 6.34. The predicted octanol–water partition coefficient (Wildman–Crippen LogP) is 5.99. The number of aromatic nitrogens is 1. The van der Waals surface area contributed by atoms with Crippen molar-refractivity contribution in [2.75, 3.05) is 7.11 Å². The van der Waals surface area contributed by atoms with Crippen molar-refractivity contribution in [2.45, 2.75) is 32.2 Å². The van der Waals surface area contributed by atoms with E-state index in [1.54, 1.807) is 31.4 Å². The molecular weight excluding hydrogens is 494 g/mol. The maximum absolute atomic E-state index is 13.2. The van der Waals surface area contributed by atoms with Crippen LogP contribution in [-0.4, -0.2) is 29.8 Å². The minimum Gasteiger partial charge on any atom is -0.493 e. The number of cyclic esters (lactones) is 2. The van der Waals surface area contributed by atoms with Crippen LogP contribution in [0.5, 0.6) is 11.5 Å². The first-order chi connectivity index (χ1) is 17.8. The summed E-state index contributed by atoms with van der Waals surface area (Å²) in [4.78, 5) is 29.6. The van der Waals surface area contributed by atoms with Gasteiger partial charge in [-0.3, -0.25) is 9.59 Å². The quantitative estimate of drug-likeness (QED) is 0.238. The van der Waals surface area contributed by atoms with Crippen LogP contribution in [0, 0.1) is 5.92 Å². The first kappa shape index (κ1) is 24.7. The molecular formula is C29H26ClNO6. The molecule has 2 heterocycles. The van der Waals surface area contributed by atoms with Gasteiger partial charge in [0.2, 0.25) is 0 Å². The Bertz CT molecular complexity index is 1440. The van der Waals surface area contributed by atoms with Crippen LogP contribution in [0.25, 0.3) is 10.9 Å². The molecule has 1 aromatic heterocycles. The van der Waals surface area contributed by atoms with Crippen LogP contribution in [-0.2, 0) is 25.7 Å². The van der Waals surface area contributed by atoms with Gasteiger partial charge in [-0.05, 0) is 47.0 Å². The minimum absolute atomic E-state index is 0.315. The Balaban J connectivity index is 1.54. The average molecular weight is 520 g/mol. The van der Waals surface area contributed by atoms with Gasteiger partial charge in [-0.15, -0.1) is 0 Å². The molecule has 1 fully saturated rings. The fourth-order valence-corrected chi connectivity index (χ4v) is 4.77. The summed E-state index contributed by atoms with van der Waals surface area (Å²) >= 11 is 5.97. The molecule has 190 valence electrons. The van der Waals surface area contributed by atoms with E-state index in [9.17, 15) is 9.59 Å². The molecule has 0 unspecified atom stereocenters. The van der Waals surface area contributed by atoms with E-state index < -0.39 is 29.6 Å². The summed E-state index contributed by atoms with van der Waals surface area (Å²) in [6.07, 6.45) is 1.81. The van der Waals surface area contributed by atoms with Crippen LogP contribution >= 0.6 is 11.6 Å². The van der Waals surface area contributed by atoms with Gasteiger partial charge in [0.25, 0.3) is 5.79 Å². The Kier molecular flexibility index (Phi) is 6.56. The van der Waals surface area contributed by atoms with Gasteiger partial charge in [0, 0.05) is 41.9 Å². The number of carbonyl (C=O) groups excluding carboxylic acids is 2. The zero-order chi connectivity index (χ0) is 26.2. The number of hydrogen-bond acceptors (Lipinski definition) is 6. The Morgan fingerprint density at radius 3 is 2.38 bits per heavy atom. The number of esters is 2. The Labute approximate surface area is 219 Å². The highest BCUT2D eigenvalue weighted by Gasteiger charge is 2.48. The van der Waals surface area contributed by atoms with E-state index >= 15 is 0 Å². The predicted molar refractivity (Wildman–Crippen MR) is 139 cm³/mol. The molecule has 0 spiro atoms. The topological polar surface area (TPSA) is 86.9 Å². The molecule has 0 radical (unpaired) electrons. The third-order valence-corrected chi connectivity index (χ3v) is 6.60. The van der Waals surface area contributed by atoms with Crippen molar-refractivity contribution in [3.63, 3.8) is 0 Å². The van der Waals surface area contributed by atoms with Crippen molar-refractivity contribution in [3.8, 4) is 11.5 Å². The largest absolute Gasteiger partial charge is 0.493 e. The number of benzene rings is 3. The molecule has 0 aliphatic carbocycles. The highest BCUT2D eigenvalue weighted by molar-refractivity contribution is 6.30. The molecule has 0 saturated carbocycles. The molecule has 7 nitrogen and oxygen atoms in total. The molecule has 37 heavy (non-hydrogen) atoms. The smallest absolute Gasteiger partial charge is 0.324 e. The standard InChI is InChI=1S/C29H26ClNO6/c1-29(2)36-27(32)26(28(33)37-29)25(21-15-31-22-7-5-4-6-20(21)22)18-10-13-23(24(14-18)34-3)35-16-17-8-11-19(30)12-9-17/h4-15,25-26,31H,16H2,1-3H3/t25-/m1/s1. The summed E-state index contributed by atoms with van der Waals surface area (Å²) in [6.45, 7) is 3.39. The van der Waals surface area contributed by atoms with Crippen molar-refractivity contribution in [1.82, 2.24) is 4.98 Å². The SMILES string of the molecule is COc1cc([C@H](c2c[nH]c3ccccc23)C2C(=O)OC(C)(C)OC2=O)ccc1OCc1ccc(Cl)cc1. The molecule has 1 N–H and O–H groups in total. The molecule has 0 bridgehead atoms. The van der Waals surface area contributed by atoms with Gasteiger partial charge in [-0.1, -0.05) is 48.0 Å². The fraction of sp³-hybridized carbons (Fsp3) is 0.241. The minimum atomic E-state index is -1.33. The highest BCUT2D eigenvalue weighted by atomic mass is 35.5. The second-order valence-electron chi connectivity index (χ2n) is 9.31. The molecule has 0 amide bonds. The van der Waals surface area contributed by atoms with Gasteiger partial charge in [0.1, 0.15) is 6.61 Å².